The number of alkyl halides is 1. The molecular weight excluding hydrogens is 717 g/mol. The highest BCUT2D eigenvalue weighted by Gasteiger charge is 2.45. The molecule has 1 unspecified atom stereocenters. The van der Waals surface area contributed by atoms with Crippen molar-refractivity contribution >= 4 is 57.8 Å². The lowest BCUT2D eigenvalue weighted by molar-refractivity contribution is -0.136. The van der Waals surface area contributed by atoms with Crippen molar-refractivity contribution in [1.29, 1.82) is 0 Å². The van der Waals surface area contributed by atoms with Crippen LogP contribution in [0.4, 0.5) is 5.69 Å². The van der Waals surface area contributed by atoms with Crippen LogP contribution < -0.4 is 10.6 Å². The quantitative estimate of drug-likeness (QED) is 0.0649. The minimum atomic E-state index is -1.09. The first-order chi connectivity index (χ1) is 22.4. The molecule has 5 amide bonds. The van der Waals surface area contributed by atoms with Crippen molar-refractivity contribution < 1.29 is 52.4 Å². The molecule has 0 saturated carbocycles. The van der Waals surface area contributed by atoms with E-state index in [4.69, 9.17) is 28.4 Å². The summed E-state index contributed by atoms with van der Waals surface area (Å²) < 4.78 is 33.9. The lowest BCUT2D eigenvalue weighted by Crippen LogP contribution is -2.54. The Labute approximate surface area is 282 Å². The molecule has 2 N–H and O–H groups in total. The summed E-state index contributed by atoms with van der Waals surface area (Å²) in [5.74, 6) is -3.04. The van der Waals surface area contributed by atoms with E-state index in [0.29, 0.717) is 52.9 Å². The molecule has 1 atom stereocenters. The van der Waals surface area contributed by atoms with Crippen LogP contribution in [0.5, 0.6) is 0 Å². The normalized spacial score (nSPS) is 16.2. The number of hydrogen-bond donors (Lipinski definition) is 2. The number of halogens is 1. The Hall–Kier alpha value is -2.54. The van der Waals surface area contributed by atoms with Gasteiger partial charge in [0, 0.05) is 13.0 Å². The second-order valence-electron chi connectivity index (χ2n) is 10.4. The molecule has 15 heteroatoms. The fraction of sp³-hybridized carbons (Fsp3) is 0.645. The maximum atomic E-state index is 13.1. The zero-order valence-electron chi connectivity index (χ0n) is 26.1. The first kappa shape index (κ1) is 37.9. The number of benzene rings is 1. The summed E-state index contributed by atoms with van der Waals surface area (Å²) >= 11 is 2.40. The Morgan fingerprint density at radius 3 is 1.91 bits per heavy atom. The molecule has 0 radical (unpaired) electrons. The van der Waals surface area contributed by atoms with Crippen LogP contribution in [0.3, 0.4) is 0 Å². The summed E-state index contributed by atoms with van der Waals surface area (Å²) in [4.78, 5) is 63.1. The third-order valence-electron chi connectivity index (χ3n) is 7.01. The van der Waals surface area contributed by atoms with Gasteiger partial charge in [0.1, 0.15) is 12.6 Å². The molecule has 256 valence electrons. The van der Waals surface area contributed by atoms with E-state index in [0.717, 1.165) is 17.9 Å². The van der Waals surface area contributed by atoms with E-state index in [-0.39, 0.29) is 49.5 Å². The maximum absolute atomic E-state index is 13.1. The van der Waals surface area contributed by atoms with Gasteiger partial charge in [-0.1, -0.05) is 41.5 Å². The lowest BCUT2D eigenvalue weighted by atomic mass is 10.0. The van der Waals surface area contributed by atoms with Crippen LogP contribution in [-0.2, 0) is 42.8 Å². The number of hydrogen-bond acceptors (Lipinski definition) is 11. The van der Waals surface area contributed by atoms with Gasteiger partial charge in [0.15, 0.2) is 0 Å². The molecule has 0 aliphatic carbocycles. The zero-order chi connectivity index (χ0) is 33.0. The number of carbonyl (C=O) groups is 5. The monoisotopic (exact) mass is 761 g/mol. The zero-order valence-corrected chi connectivity index (χ0v) is 28.2. The number of imide groups is 2. The van der Waals surface area contributed by atoms with E-state index >= 15 is 0 Å². The van der Waals surface area contributed by atoms with Crippen LogP contribution >= 0.6 is 22.6 Å². The molecule has 1 fully saturated rings. The average Bonchev–Trinajstić information content (AvgIpc) is 3.29. The van der Waals surface area contributed by atoms with Crippen LogP contribution in [0, 0.1) is 0 Å². The molecule has 0 spiro atoms. The lowest BCUT2D eigenvalue weighted by Gasteiger charge is -2.27. The van der Waals surface area contributed by atoms with Gasteiger partial charge < -0.3 is 33.7 Å². The summed E-state index contributed by atoms with van der Waals surface area (Å²) in [6.07, 6.45) is 4.92. The standard InChI is InChI=1S/C31H44IN3O11/c32-10-3-1-2-4-11-41-12-13-42-14-15-43-16-17-44-18-19-45-20-21-46-22-27(37)33-24-7-5-6-23-28(24)31(40)35(30(23)39)25-8-9-26(36)34-29(25)38/h5-7,25H,1-4,8-22H2,(H,33,37)(H,34,36,38). The number of fused-ring (bicyclic) bond motifs is 1. The predicted octanol–water partition coefficient (Wildman–Crippen LogP) is 2.12. The summed E-state index contributed by atoms with van der Waals surface area (Å²) in [6.45, 7) is 4.69. The third kappa shape index (κ3) is 12.9. The fourth-order valence-electron chi connectivity index (χ4n) is 4.72. The SMILES string of the molecule is O=C1CCC(N2C(=O)c3cccc(NC(=O)COCCOCCOCCOCCOCCOCCCCCCI)c3C2=O)C(=O)N1. The Bertz CT molecular complexity index is 1150. The van der Waals surface area contributed by atoms with Gasteiger partial charge in [-0.25, -0.2) is 0 Å². The first-order valence-electron chi connectivity index (χ1n) is 15.6. The van der Waals surface area contributed by atoms with Crippen molar-refractivity contribution in [1.82, 2.24) is 10.2 Å². The van der Waals surface area contributed by atoms with Crippen molar-refractivity contribution in [2.75, 3.05) is 89.0 Å². The van der Waals surface area contributed by atoms with E-state index in [1.165, 1.54) is 41.9 Å². The summed E-state index contributed by atoms with van der Waals surface area (Å²) in [6, 6.07) is 3.38. The second-order valence-corrected chi connectivity index (χ2v) is 11.5. The molecule has 46 heavy (non-hydrogen) atoms. The number of unbranched alkanes of at least 4 members (excludes halogenated alkanes) is 3. The molecule has 1 aromatic carbocycles. The molecule has 3 rings (SSSR count). The van der Waals surface area contributed by atoms with E-state index in [1.54, 1.807) is 0 Å². The summed E-state index contributed by atoms with van der Waals surface area (Å²) in [5, 5.41) is 4.75. The Morgan fingerprint density at radius 1 is 0.761 bits per heavy atom. The van der Waals surface area contributed by atoms with E-state index in [1.807, 2.05) is 0 Å². The largest absolute Gasteiger partial charge is 0.379 e. The Morgan fingerprint density at radius 2 is 1.33 bits per heavy atom. The Kier molecular flexibility index (Phi) is 18.2. The summed E-state index contributed by atoms with van der Waals surface area (Å²) in [7, 11) is 0. The number of piperidine rings is 1. The van der Waals surface area contributed by atoms with Gasteiger partial charge in [-0.05, 0) is 35.8 Å². The highest BCUT2D eigenvalue weighted by atomic mass is 127. The minimum Gasteiger partial charge on any atom is -0.379 e. The molecule has 0 aromatic heterocycles. The van der Waals surface area contributed by atoms with Crippen LogP contribution in [0.1, 0.15) is 59.2 Å². The fourth-order valence-corrected chi connectivity index (χ4v) is 5.26. The first-order valence-corrected chi connectivity index (χ1v) is 17.1. The molecule has 1 saturated heterocycles. The van der Waals surface area contributed by atoms with Gasteiger partial charge in [0.25, 0.3) is 11.8 Å². The van der Waals surface area contributed by atoms with Crippen molar-refractivity contribution in [3.63, 3.8) is 0 Å². The molecule has 2 aliphatic rings. The van der Waals surface area contributed by atoms with Gasteiger partial charge in [0.2, 0.25) is 17.7 Å². The highest BCUT2D eigenvalue weighted by molar-refractivity contribution is 14.1. The number of ether oxygens (including phenoxy) is 6. The van der Waals surface area contributed by atoms with Crippen LogP contribution in [0.25, 0.3) is 0 Å². The molecule has 2 heterocycles. The molecule has 0 bridgehead atoms. The third-order valence-corrected chi connectivity index (χ3v) is 7.77. The van der Waals surface area contributed by atoms with Gasteiger partial charge >= 0.3 is 0 Å². The maximum Gasteiger partial charge on any atom is 0.264 e. The second kappa shape index (κ2) is 22.1. The number of rotatable bonds is 25. The summed E-state index contributed by atoms with van der Waals surface area (Å²) in [5.41, 5.74) is 0.207. The smallest absolute Gasteiger partial charge is 0.264 e. The molecule has 1 aromatic rings. The number of anilines is 1. The van der Waals surface area contributed by atoms with Crippen LogP contribution in [-0.4, -0.2) is 124 Å². The van der Waals surface area contributed by atoms with Crippen molar-refractivity contribution in [3.05, 3.63) is 29.3 Å². The van der Waals surface area contributed by atoms with Gasteiger partial charge in [-0.15, -0.1) is 0 Å². The number of nitrogens with zero attached hydrogens (tertiary/aromatic N) is 1. The average molecular weight is 762 g/mol. The van der Waals surface area contributed by atoms with Gasteiger partial charge in [0.05, 0.1) is 82.9 Å². The Balaban J connectivity index is 1.16. The van der Waals surface area contributed by atoms with Crippen molar-refractivity contribution in [3.8, 4) is 0 Å². The van der Waals surface area contributed by atoms with Gasteiger partial charge in [-0.3, -0.25) is 34.2 Å². The van der Waals surface area contributed by atoms with E-state index in [9.17, 15) is 24.0 Å². The van der Waals surface area contributed by atoms with Gasteiger partial charge in [-0.2, -0.15) is 0 Å². The number of nitrogens with one attached hydrogen (secondary N) is 2. The van der Waals surface area contributed by atoms with Crippen molar-refractivity contribution in [2.24, 2.45) is 0 Å². The van der Waals surface area contributed by atoms with Crippen LogP contribution in [0.2, 0.25) is 0 Å². The number of carbonyl (C=O) groups excluding carboxylic acids is 5. The van der Waals surface area contributed by atoms with E-state index < -0.39 is 35.6 Å². The number of amides is 5. The van der Waals surface area contributed by atoms with E-state index in [2.05, 4.69) is 33.2 Å². The van der Waals surface area contributed by atoms with Crippen LogP contribution in [0.15, 0.2) is 18.2 Å². The molecule has 14 nitrogen and oxygen atoms in total. The topological polar surface area (TPSA) is 168 Å². The highest BCUT2D eigenvalue weighted by Crippen LogP contribution is 2.32. The molecule has 2 aliphatic heterocycles. The minimum absolute atomic E-state index is 0.00311. The van der Waals surface area contributed by atoms with Crippen molar-refractivity contribution in [2.45, 2.75) is 44.6 Å². The molecular formula is C31H44IN3O11. The predicted molar refractivity (Wildman–Crippen MR) is 174 cm³/mol.